The monoisotopic (exact) mass is 436 g/mol. The summed E-state index contributed by atoms with van der Waals surface area (Å²) < 4.78 is 13.3. The van der Waals surface area contributed by atoms with Crippen LogP contribution in [0.1, 0.15) is 36.3 Å². The minimum absolute atomic E-state index is 0.618. The van der Waals surface area contributed by atoms with Crippen molar-refractivity contribution in [2.45, 2.75) is 32.2 Å². The third-order valence-corrected chi connectivity index (χ3v) is 5.59. The zero-order chi connectivity index (χ0) is 22.2. The number of likely N-dealkylation sites (tertiary alicyclic amines) is 1. The van der Waals surface area contributed by atoms with Crippen molar-refractivity contribution in [3.8, 4) is 11.5 Å². The Labute approximate surface area is 189 Å². The van der Waals surface area contributed by atoms with E-state index in [0.29, 0.717) is 19.6 Å². The first-order valence-electron chi connectivity index (χ1n) is 11.3. The molecule has 1 aliphatic rings. The molecule has 3 heterocycles. The number of hydrogen-bond acceptors (Lipinski definition) is 7. The maximum absolute atomic E-state index is 6.07. The molecule has 4 rings (SSSR count). The van der Waals surface area contributed by atoms with Crippen LogP contribution in [-0.4, -0.2) is 58.0 Å². The molecule has 8 nitrogen and oxygen atoms in total. The molecule has 0 atom stereocenters. The summed E-state index contributed by atoms with van der Waals surface area (Å²) in [6.45, 7) is 4.83. The minimum Gasteiger partial charge on any atom is -0.493 e. The summed E-state index contributed by atoms with van der Waals surface area (Å²) in [5.74, 6) is 3.06. The molecule has 32 heavy (non-hydrogen) atoms. The van der Waals surface area contributed by atoms with Crippen LogP contribution in [0.4, 0.5) is 5.82 Å². The molecule has 3 aromatic rings. The lowest BCUT2D eigenvalue weighted by atomic mass is 10.1. The average Bonchev–Trinajstić information content (AvgIpc) is 3.47. The van der Waals surface area contributed by atoms with Crippen LogP contribution < -0.4 is 14.8 Å². The summed E-state index contributed by atoms with van der Waals surface area (Å²) >= 11 is 0. The molecule has 1 fully saturated rings. The molecule has 0 spiro atoms. The normalized spacial score (nSPS) is 13.9. The number of aryl methyl sites for hydroxylation is 1. The number of ether oxygens (including phenoxy) is 2. The van der Waals surface area contributed by atoms with Crippen molar-refractivity contribution in [1.82, 2.24) is 24.6 Å². The van der Waals surface area contributed by atoms with Crippen LogP contribution in [0.25, 0.3) is 0 Å². The van der Waals surface area contributed by atoms with Gasteiger partial charge in [-0.1, -0.05) is 6.07 Å². The fourth-order valence-electron chi connectivity index (χ4n) is 3.92. The molecular weight excluding hydrogens is 404 g/mol. The van der Waals surface area contributed by atoms with Crippen molar-refractivity contribution in [3.63, 3.8) is 0 Å². The summed E-state index contributed by atoms with van der Waals surface area (Å²) in [5, 5.41) is 7.69. The van der Waals surface area contributed by atoms with E-state index in [4.69, 9.17) is 9.47 Å². The molecule has 1 aromatic carbocycles. The van der Waals surface area contributed by atoms with Crippen LogP contribution in [0, 0.1) is 0 Å². The highest BCUT2D eigenvalue weighted by Gasteiger charge is 2.12. The van der Waals surface area contributed by atoms with Gasteiger partial charge in [-0.25, -0.2) is 9.97 Å². The van der Waals surface area contributed by atoms with E-state index >= 15 is 0 Å². The molecule has 2 aromatic heterocycles. The highest BCUT2D eigenvalue weighted by molar-refractivity contribution is 5.44. The zero-order valence-electron chi connectivity index (χ0n) is 19.0. The number of aromatic nitrogens is 4. The van der Waals surface area contributed by atoms with Crippen molar-refractivity contribution in [2.24, 2.45) is 7.05 Å². The second-order valence-corrected chi connectivity index (χ2v) is 8.11. The molecule has 8 heteroatoms. The first-order chi connectivity index (χ1) is 15.7. The fraction of sp³-hybridized carbons (Fsp3) is 0.458. The van der Waals surface area contributed by atoms with E-state index < -0.39 is 0 Å². The van der Waals surface area contributed by atoms with Gasteiger partial charge in [-0.3, -0.25) is 4.68 Å². The second-order valence-electron chi connectivity index (χ2n) is 8.11. The van der Waals surface area contributed by atoms with Crippen molar-refractivity contribution in [2.75, 3.05) is 38.7 Å². The Bertz CT molecular complexity index is 1000. The van der Waals surface area contributed by atoms with Gasteiger partial charge in [0, 0.05) is 32.4 Å². The highest BCUT2D eigenvalue weighted by Crippen LogP contribution is 2.29. The molecule has 0 radical (unpaired) electrons. The van der Waals surface area contributed by atoms with Crippen molar-refractivity contribution in [3.05, 3.63) is 59.8 Å². The smallest absolute Gasteiger partial charge is 0.161 e. The Morgan fingerprint density at radius 1 is 1.09 bits per heavy atom. The Balaban J connectivity index is 1.34. The largest absolute Gasteiger partial charge is 0.493 e. The number of methoxy groups -OCH3 is 1. The average molecular weight is 437 g/mol. The van der Waals surface area contributed by atoms with Crippen LogP contribution in [0.5, 0.6) is 11.5 Å². The topological polar surface area (TPSA) is 77.3 Å². The summed E-state index contributed by atoms with van der Waals surface area (Å²) in [7, 11) is 3.58. The van der Waals surface area contributed by atoms with E-state index in [9.17, 15) is 0 Å². The minimum atomic E-state index is 0.618. The number of hydrogen-bond donors (Lipinski definition) is 1. The first kappa shape index (κ1) is 22.1. The predicted molar refractivity (Wildman–Crippen MR) is 124 cm³/mol. The second kappa shape index (κ2) is 10.9. The SMILES string of the molecule is COc1ccc(Cc2nccc(NCc3ccn(C)n3)n2)cc1OCCCN1CCCC1. The van der Waals surface area contributed by atoms with Gasteiger partial charge < -0.3 is 19.7 Å². The summed E-state index contributed by atoms with van der Waals surface area (Å²) in [6.07, 6.45) is 7.98. The van der Waals surface area contributed by atoms with Crippen LogP contribution in [0.15, 0.2) is 42.7 Å². The van der Waals surface area contributed by atoms with E-state index in [0.717, 1.165) is 47.4 Å². The maximum atomic E-state index is 6.07. The van der Waals surface area contributed by atoms with Gasteiger partial charge in [0.15, 0.2) is 11.5 Å². The third kappa shape index (κ3) is 6.20. The summed E-state index contributed by atoms with van der Waals surface area (Å²) in [5.41, 5.74) is 2.05. The van der Waals surface area contributed by atoms with Crippen LogP contribution >= 0.6 is 0 Å². The zero-order valence-corrected chi connectivity index (χ0v) is 19.0. The number of anilines is 1. The molecule has 1 N–H and O–H groups in total. The predicted octanol–water partition coefficient (Wildman–Crippen LogP) is 3.29. The molecule has 0 saturated carbocycles. The van der Waals surface area contributed by atoms with Crippen LogP contribution in [0.3, 0.4) is 0 Å². The molecule has 1 saturated heterocycles. The number of nitrogens with one attached hydrogen (secondary N) is 1. The van der Waals surface area contributed by atoms with Gasteiger partial charge in [0.2, 0.25) is 0 Å². The first-order valence-corrected chi connectivity index (χ1v) is 11.3. The Morgan fingerprint density at radius 3 is 2.75 bits per heavy atom. The third-order valence-electron chi connectivity index (χ3n) is 5.59. The summed E-state index contributed by atoms with van der Waals surface area (Å²) in [6, 6.07) is 9.88. The van der Waals surface area contributed by atoms with Crippen molar-refractivity contribution < 1.29 is 9.47 Å². The van der Waals surface area contributed by atoms with E-state index in [2.05, 4.69) is 25.3 Å². The lowest BCUT2D eigenvalue weighted by molar-refractivity contribution is 0.254. The van der Waals surface area contributed by atoms with E-state index in [-0.39, 0.29) is 0 Å². The Kier molecular flexibility index (Phi) is 7.55. The number of rotatable bonds is 11. The molecule has 0 amide bonds. The fourth-order valence-corrected chi connectivity index (χ4v) is 3.92. The van der Waals surface area contributed by atoms with Gasteiger partial charge in [0.1, 0.15) is 11.6 Å². The molecule has 0 bridgehead atoms. The lowest BCUT2D eigenvalue weighted by Gasteiger charge is -2.16. The van der Waals surface area contributed by atoms with Gasteiger partial charge in [-0.15, -0.1) is 0 Å². The van der Waals surface area contributed by atoms with Gasteiger partial charge in [-0.2, -0.15) is 5.10 Å². The van der Waals surface area contributed by atoms with Gasteiger partial charge >= 0.3 is 0 Å². The summed E-state index contributed by atoms with van der Waals surface area (Å²) in [4.78, 5) is 11.6. The Morgan fingerprint density at radius 2 is 1.97 bits per heavy atom. The van der Waals surface area contributed by atoms with Crippen molar-refractivity contribution >= 4 is 5.82 Å². The molecule has 170 valence electrons. The van der Waals surface area contributed by atoms with Gasteiger partial charge in [0.25, 0.3) is 0 Å². The van der Waals surface area contributed by atoms with Crippen molar-refractivity contribution in [1.29, 1.82) is 0 Å². The van der Waals surface area contributed by atoms with E-state index in [1.54, 1.807) is 18.0 Å². The maximum Gasteiger partial charge on any atom is 0.161 e. The standard InChI is InChI=1S/C24H32N6O2/c1-29-14-9-20(28-29)18-26-23-8-10-25-24(27-23)17-19-6-7-21(31-2)22(16-19)32-15-5-13-30-11-3-4-12-30/h6-10,14,16H,3-5,11-13,15,17-18H2,1-2H3,(H,25,26,27). The van der Waals surface area contributed by atoms with Gasteiger partial charge in [-0.05, 0) is 62.2 Å². The number of nitrogens with zero attached hydrogens (tertiary/aromatic N) is 5. The number of benzene rings is 1. The van der Waals surface area contributed by atoms with E-state index in [1.807, 2.05) is 43.6 Å². The van der Waals surface area contributed by atoms with E-state index in [1.165, 1.54) is 25.9 Å². The highest BCUT2D eigenvalue weighted by atomic mass is 16.5. The molecular formula is C24H32N6O2. The molecule has 0 aliphatic carbocycles. The quantitative estimate of drug-likeness (QED) is 0.462. The van der Waals surface area contributed by atoms with Crippen LogP contribution in [0.2, 0.25) is 0 Å². The van der Waals surface area contributed by atoms with Gasteiger partial charge in [0.05, 0.1) is 26.0 Å². The molecule has 1 aliphatic heterocycles. The lowest BCUT2D eigenvalue weighted by Crippen LogP contribution is -2.21. The molecule has 0 unspecified atom stereocenters. The Hall–Kier alpha value is -3.13. The van der Waals surface area contributed by atoms with Crippen LogP contribution in [-0.2, 0) is 20.0 Å².